The molecule has 1 amide bonds. The summed E-state index contributed by atoms with van der Waals surface area (Å²) in [5, 5.41) is 0. The second-order valence-corrected chi connectivity index (χ2v) is 7.11. The molecule has 0 aliphatic carbocycles. The highest BCUT2D eigenvalue weighted by Gasteiger charge is 2.33. The summed E-state index contributed by atoms with van der Waals surface area (Å²) in [5.74, 6) is 0.0454. The van der Waals surface area contributed by atoms with E-state index < -0.39 is 0 Å². The van der Waals surface area contributed by atoms with Crippen molar-refractivity contribution >= 4 is 5.91 Å². The van der Waals surface area contributed by atoms with Gasteiger partial charge < -0.3 is 4.90 Å². The van der Waals surface area contributed by atoms with E-state index in [-0.39, 0.29) is 17.8 Å². The number of benzene rings is 1. The summed E-state index contributed by atoms with van der Waals surface area (Å²) in [6.45, 7) is 5.76. The van der Waals surface area contributed by atoms with Crippen molar-refractivity contribution < 1.29 is 9.18 Å². The predicted molar refractivity (Wildman–Crippen MR) is 89.6 cm³/mol. The molecular formula is C19H27FN2O. The first-order valence-corrected chi connectivity index (χ1v) is 8.87. The molecule has 1 aromatic carbocycles. The van der Waals surface area contributed by atoms with Crippen molar-refractivity contribution in [1.29, 1.82) is 0 Å². The molecule has 2 fully saturated rings. The third-order valence-corrected chi connectivity index (χ3v) is 5.44. The van der Waals surface area contributed by atoms with Crippen LogP contribution in [0.5, 0.6) is 0 Å². The average molecular weight is 318 g/mol. The minimum atomic E-state index is -0.203. The number of hydrogen-bond acceptors (Lipinski definition) is 2. The molecule has 2 saturated heterocycles. The predicted octanol–water partition coefficient (Wildman–Crippen LogP) is 3.75. The first-order chi connectivity index (χ1) is 11.1. The summed E-state index contributed by atoms with van der Waals surface area (Å²) < 4.78 is 13.1. The van der Waals surface area contributed by atoms with E-state index in [0.29, 0.717) is 18.6 Å². The van der Waals surface area contributed by atoms with Gasteiger partial charge in [0.1, 0.15) is 5.82 Å². The number of carbonyl (C=O) groups excluding carboxylic acids is 1. The molecule has 0 aromatic heterocycles. The average Bonchev–Trinajstić information content (AvgIpc) is 2.96. The molecule has 0 unspecified atom stereocenters. The van der Waals surface area contributed by atoms with Gasteiger partial charge in [-0.1, -0.05) is 12.1 Å². The van der Waals surface area contributed by atoms with Crippen LogP contribution in [0.15, 0.2) is 24.3 Å². The Morgan fingerprint density at radius 3 is 2.39 bits per heavy atom. The smallest absolute Gasteiger partial charge is 0.237 e. The van der Waals surface area contributed by atoms with Crippen molar-refractivity contribution in [2.45, 2.75) is 64.1 Å². The van der Waals surface area contributed by atoms with Gasteiger partial charge in [-0.2, -0.15) is 0 Å². The summed E-state index contributed by atoms with van der Waals surface area (Å²) >= 11 is 0. The minimum absolute atomic E-state index is 0.203. The molecular weight excluding hydrogens is 291 g/mol. The summed E-state index contributed by atoms with van der Waals surface area (Å²) in [7, 11) is 0. The van der Waals surface area contributed by atoms with Gasteiger partial charge in [0.05, 0.1) is 6.54 Å². The second kappa shape index (κ2) is 7.00. The van der Waals surface area contributed by atoms with Crippen LogP contribution in [-0.2, 0) is 4.79 Å². The van der Waals surface area contributed by atoms with Crippen LogP contribution in [0, 0.1) is 5.82 Å². The van der Waals surface area contributed by atoms with Gasteiger partial charge in [0.2, 0.25) is 5.91 Å². The molecule has 3 atom stereocenters. The Morgan fingerprint density at radius 1 is 1.09 bits per heavy atom. The van der Waals surface area contributed by atoms with Crippen molar-refractivity contribution in [3.63, 3.8) is 0 Å². The molecule has 0 spiro atoms. The highest BCUT2D eigenvalue weighted by molar-refractivity contribution is 5.79. The molecule has 126 valence electrons. The molecule has 2 aliphatic heterocycles. The SMILES string of the molecule is C[C@@H]1CCC[C@H](C)N1C(=O)CN1CCC[C@H]1c1ccc(F)cc1. The highest BCUT2D eigenvalue weighted by Crippen LogP contribution is 2.32. The van der Waals surface area contributed by atoms with Crippen molar-refractivity contribution in [1.82, 2.24) is 9.80 Å². The van der Waals surface area contributed by atoms with E-state index in [0.717, 1.165) is 37.8 Å². The van der Waals surface area contributed by atoms with Gasteiger partial charge in [-0.3, -0.25) is 9.69 Å². The summed E-state index contributed by atoms with van der Waals surface area (Å²) in [6, 6.07) is 7.68. The molecule has 0 saturated carbocycles. The van der Waals surface area contributed by atoms with Crippen LogP contribution in [0.2, 0.25) is 0 Å². The Kier molecular flexibility index (Phi) is 5.00. The van der Waals surface area contributed by atoms with Crippen molar-refractivity contribution in [3.8, 4) is 0 Å². The fourth-order valence-corrected chi connectivity index (χ4v) is 4.25. The topological polar surface area (TPSA) is 23.6 Å². The second-order valence-electron chi connectivity index (χ2n) is 7.11. The monoisotopic (exact) mass is 318 g/mol. The van der Waals surface area contributed by atoms with Crippen LogP contribution in [-0.4, -0.2) is 40.9 Å². The molecule has 0 N–H and O–H groups in total. The van der Waals surface area contributed by atoms with Gasteiger partial charge >= 0.3 is 0 Å². The van der Waals surface area contributed by atoms with Gasteiger partial charge in [0.15, 0.2) is 0 Å². The lowest BCUT2D eigenvalue weighted by Crippen LogP contribution is -2.51. The maximum Gasteiger partial charge on any atom is 0.237 e. The fourth-order valence-electron chi connectivity index (χ4n) is 4.25. The standard InChI is InChI=1S/C19H27FN2O/c1-14-5-3-6-15(2)22(14)19(23)13-21-12-4-7-18(21)16-8-10-17(20)11-9-16/h8-11,14-15,18H,3-7,12-13H2,1-2H3/t14-,15+,18-/m0/s1. The van der Waals surface area contributed by atoms with E-state index in [1.807, 2.05) is 12.1 Å². The summed E-state index contributed by atoms with van der Waals surface area (Å²) in [4.78, 5) is 17.2. The maximum absolute atomic E-state index is 13.1. The number of carbonyl (C=O) groups is 1. The molecule has 4 heteroatoms. The molecule has 3 rings (SSSR count). The molecule has 3 nitrogen and oxygen atoms in total. The number of hydrogen-bond donors (Lipinski definition) is 0. The quantitative estimate of drug-likeness (QED) is 0.847. The summed E-state index contributed by atoms with van der Waals surface area (Å²) in [6.07, 6.45) is 5.58. The number of amides is 1. The first kappa shape index (κ1) is 16.4. The third kappa shape index (κ3) is 3.57. The van der Waals surface area contributed by atoms with Crippen molar-refractivity contribution in [2.24, 2.45) is 0 Å². The van der Waals surface area contributed by atoms with Crippen LogP contribution >= 0.6 is 0 Å². The van der Waals surface area contributed by atoms with Gasteiger partial charge in [0.25, 0.3) is 0 Å². The normalized spacial score (nSPS) is 29.0. The maximum atomic E-state index is 13.1. The van der Waals surface area contributed by atoms with E-state index in [2.05, 4.69) is 23.6 Å². The Morgan fingerprint density at radius 2 is 1.74 bits per heavy atom. The van der Waals surface area contributed by atoms with Crippen molar-refractivity contribution in [2.75, 3.05) is 13.1 Å². The largest absolute Gasteiger partial charge is 0.336 e. The minimum Gasteiger partial charge on any atom is -0.336 e. The van der Waals surface area contributed by atoms with Crippen LogP contribution in [0.1, 0.15) is 57.6 Å². The number of rotatable bonds is 3. The van der Waals surface area contributed by atoms with Gasteiger partial charge in [0, 0.05) is 18.1 Å². The van der Waals surface area contributed by atoms with Gasteiger partial charge in [-0.05, 0) is 70.2 Å². The Hall–Kier alpha value is -1.42. The Balaban J connectivity index is 1.68. The van der Waals surface area contributed by atoms with E-state index in [4.69, 9.17) is 0 Å². The van der Waals surface area contributed by atoms with Crippen LogP contribution in [0.3, 0.4) is 0 Å². The lowest BCUT2D eigenvalue weighted by Gasteiger charge is -2.40. The van der Waals surface area contributed by atoms with E-state index in [1.165, 1.54) is 18.6 Å². The van der Waals surface area contributed by atoms with Crippen LogP contribution < -0.4 is 0 Å². The fraction of sp³-hybridized carbons (Fsp3) is 0.632. The number of piperidine rings is 1. The van der Waals surface area contributed by atoms with E-state index in [9.17, 15) is 9.18 Å². The van der Waals surface area contributed by atoms with E-state index in [1.54, 1.807) is 0 Å². The zero-order valence-electron chi connectivity index (χ0n) is 14.2. The zero-order valence-corrected chi connectivity index (χ0v) is 14.2. The first-order valence-electron chi connectivity index (χ1n) is 8.87. The number of likely N-dealkylation sites (tertiary alicyclic amines) is 2. The molecule has 2 heterocycles. The lowest BCUT2D eigenvalue weighted by atomic mass is 9.97. The van der Waals surface area contributed by atoms with Crippen LogP contribution in [0.4, 0.5) is 4.39 Å². The van der Waals surface area contributed by atoms with E-state index >= 15 is 0 Å². The molecule has 0 bridgehead atoms. The Bertz CT molecular complexity index is 535. The third-order valence-electron chi connectivity index (χ3n) is 5.44. The van der Waals surface area contributed by atoms with Gasteiger partial charge in [-0.25, -0.2) is 4.39 Å². The molecule has 1 aromatic rings. The molecule has 0 radical (unpaired) electrons. The number of nitrogens with zero attached hydrogens (tertiary/aromatic N) is 2. The van der Waals surface area contributed by atoms with Crippen LogP contribution in [0.25, 0.3) is 0 Å². The lowest BCUT2D eigenvalue weighted by molar-refractivity contribution is -0.138. The zero-order chi connectivity index (χ0) is 16.4. The van der Waals surface area contributed by atoms with Gasteiger partial charge in [-0.15, -0.1) is 0 Å². The highest BCUT2D eigenvalue weighted by atomic mass is 19.1. The molecule has 23 heavy (non-hydrogen) atoms. The number of halogens is 1. The summed E-state index contributed by atoms with van der Waals surface area (Å²) in [5.41, 5.74) is 1.12. The molecule has 2 aliphatic rings. The Labute approximate surface area is 138 Å². The van der Waals surface area contributed by atoms with Crippen molar-refractivity contribution in [3.05, 3.63) is 35.6 Å².